The Bertz CT molecular complexity index is 758. The van der Waals surface area contributed by atoms with Crippen molar-refractivity contribution in [3.63, 3.8) is 0 Å². The van der Waals surface area contributed by atoms with Crippen LogP contribution in [0.3, 0.4) is 0 Å². The molecule has 0 fully saturated rings. The molecule has 3 rings (SSSR count). The lowest BCUT2D eigenvalue weighted by atomic mass is 10.2. The van der Waals surface area contributed by atoms with Crippen molar-refractivity contribution in [2.24, 2.45) is 5.10 Å². The van der Waals surface area contributed by atoms with Crippen molar-refractivity contribution < 1.29 is 23.4 Å². The minimum atomic E-state index is -0.434. The number of fused-ring (bicyclic) bond motifs is 1. The summed E-state index contributed by atoms with van der Waals surface area (Å²) in [5.74, 6) is 0.802. The van der Waals surface area contributed by atoms with E-state index in [0.29, 0.717) is 41.6 Å². The minimum absolute atomic E-state index is 0.313. The second-order valence-electron chi connectivity index (χ2n) is 4.95. The van der Waals surface area contributed by atoms with Gasteiger partial charge in [0.25, 0.3) is 5.91 Å². The number of carbonyl (C=O) groups excluding carboxylic acids is 1. The van der Waals surface area contributed by atoms with E-state index in [2.05, 4.69) is 10.5 Å². The van der Waals surface area contributed by atoms with Gasteiger partial charge in [0, 0.05) is 11.1 Å². The molecule has 7 heteroatoms. The van der Waals surface area contributed by atoms with Crippen LogP contribution in [0.2, 0.25) is 0 Å². The lowest BCUT2D eigenvalue weighted by Gasteiger charge is -2.20. The standard InChI is InChI=1S/C17H15FN2O4/c1-22-14-8-11(9-15-16(14)24-7-6-23-15)10-19-20-17(21)12-2-4-13(18)5-3-12/h2-5,8-10H,6-7H2,1H3,(H,20,21)/b19-10-. The van der Waals surface area contributed by atoms with E-state index in [1.165, 1.54) is 37.6 Å². The van der Waals surface area contributed by atoms with Gasteiger partial charge in [0.05, 0.1) is 13.3 Å². The van der Waals surface area contributed by atoms with Crippen LogP contribution >= 0.6 is 0 Å². The second-order valence-corrected chi connectivity index (χ2v) is 4.95. The molecule has 0 radical (unpaired) electrons. The Morgan fingerprint density at radius 3 is 2.75 bits per heavy atom. The molecule has 1 aliphatic heterocycles. The van der Waals surface area contributed by atoms with Crippen molar-refractivity contribution in [3.05, 3.63) is 53.3 Å². The average molecular weight is 330 g/mol. The quantitative estimate of drug-likeness (QED) is 0.690. The number of ether oxygens (including phenoxy) is 3. The molecule has 1 amide bonds. The average Bonchev–Trinajstić information content (AvgIpc) is 2.61. The zero-order valence-corrected chi connectivity index (χ0v) is 12.9. The van der Waals surface area contributed by atoms with Gasteiger partial charge in [-0.3, -0.25) is 4.79 Å². The third-order valence-corrected chi connectivity index (χ3v) is 3.34. The number of halogens is 1. The van der Waals surface area contributed by atoms with Crippen molar-refractivity contribution >= 4 is 12.1 Å². The lowest BCUT2D eigenvalue weighted by Crippen LogP contribution is -2.18. The molecule has 1 aliphatic rings. The first-order valence-electron chi connectivity index (χ1n) is 7.24. The number of benzene rings is 2. The van der Waals surface area contributed by atoms with Crippen LogP contribution in [-0.4, -0.2) is 32.4 Å². The second kappa shape index (κ2) is 6.99. The van der Waals surface area contributed by atoms with E-state index in [0.717, 1.165) is 0 Å². The van der Waals surface area contributed by atoms with Crippen molar-refractivity contribution in [1.82, 2.24) is 5.43 Å². The van der Waals surface area contributed by atoms with Crippen LogP contribution in [0.1, 0.15) is 15.9 Å². The first-order valence-corrected chi connectivity index (χ1v) is 7.24. The van der Waals surface area contributed by atoms with E-state index >= 15 is 0 Å². The van der Waals surface area contributed by atoms with Gasteiger partial charge in [-0.05, 0) is 36.4 Å². The number of hydrazone groups is 1. The Balaban J connectivity index is 1.72. The Hall–Kier alpha value is -3.09. The number of nitrogens with one attached hydrogen (secondary N) is 1. The molecule has 0 aromatic heterocycles. The maximum Gasteiger partial charge on any atom is 0.271 e. The van der Waals surface area contributed by atoms with Gasteiger partial charge in [0.15, 0.2) is 11.5 Å². The number of hydrogen-bond donors (Lipinski definition) is 1. The third-order valence-electron chi connectivity index (χ3n) is 3.34. The Morgan fingerprint density at radius 2 is 2.00 bits per heavy atom. The van der Waals surface area contributed by atoms with E-state index in [-0.39, 0.29) is 0 Å². The van der Waals surface area contributed by atoms with Gasteiger partial charge in [-0.25, -0.2) is 9.82 Å². The highest BCUT2D eigenvalue weighted by atomic mass is 19.1. The van der Waals surface area contributed by atoms with Crippen LogP contribution in [0.15, 0.2) is 41.5 Å². The van der Waals surface area contributed by atoms with Crippen LogP contribution in [0, 0.1) is 5.82 Å². The molecule has 6 nitrogen and oxygen atoms in total. The zero-order valence-electron chi connectivity index (χ0n) is 12.9. The molecule has 0 bridgehead atoms. The predicted molar refractivity (Wildman–Crippen MR) is 85.4 cm³/mol. The van der Waals surface area contributed by atoms with Gasteiger partial charge < -0.3 is 14.2 Å². The normalized spacial score (nSPS) is 12.9. The summed E-state index contributed by atoms with van der Waals surface area (Å²) in [5.41, 5.74) is 3.37. The summed E-state index contributed by atoms with van der Waals surface area (Å²) in [4.78, 5) is 11.9. The summed E-state index contributed by atoms with van der Waals surface area (Å²) in [5, 5.41) is 3.89. The smallest absolute Gasteiger partial charge is 0.271 e. The number of nitrogens with zero attached hydrogens (tertiary/aromatic N) is 1. The largest absolute Gasteiger partial charge is 0.493 e. The predicted octanol–water partition coefficient (Wildman–Crippen LogP) is 2.37. The number of methoxy groups -OCH3 is 1. The summed E-state index contributed by atoms with van der Waals surface area (Å²) in [6.07, 6.45) is 1.46. The summed E-state index contributed by atoms with van der Waals surface area (Å²) in [7, 11) is 1.53. The molecule has 0 saturated carbocycles. The summed E-state index contributed by atoms with van der Waals surface area (Å²) in [6.45, 7) is 0.919. The first-order chi connectivity index (χ1) is 11.7. The van der Waals surface area contributed by atoms with Crippen LogP contribution < -0.4 is 19.6 Å². The number of rotatable bonds is 4. The SMILES string of the molecule is COc1cc(/C=N\NC(=O)c2ccc(F)cc2)cc2c1OCCO2. The molecule has 0 unspecified atom stereocenters. The van der Waals surface area contributed by atoms with E-state index in [9.17, 15) is 9.18 Å². The monoisotopic (exact) mass is 330 g/mol. The summed E-state index contributed by atoms with van der Waals surface area (Å²) in [6, 6.07) is 8.65. The van der Waals surface area contributed by atoms with E-state index in [1.54, 1.807) is 12.1 Å². The van der Waals surface area contributed by atoms with Crippen molar-refractivity contribution in [2.45, 2.75) is 0 Å². The van der Waals surface area contributed by atoms with E-state index in [4.69, 9.17) is 14.2 Å². The van der Waals surface area contributed by atoms with Gasteiger partial charge in [-0.2, -0.15) is 5.10 Å². The van der Waals surface area contributed by atoms with Crippen LogP contribution in [-0.2, 0) is 0 Å². The Morgan fingerprint density at radius 1 is 1.25 bits per heavy atom. The molecular formula is C17H15FN2O4. The molecule has 0 spiro atoms. The van der Waals surface area contributed by atoms with E-state index < -0.39 is 11.7 Å². The number of hydrogen-bond acceptors (Lipinski definition) is 5. The van der Waals surface area contributed by atoms with Crippen LogP contribution in [0.4, 0.5) is 4.39 Å². The molecule has 0 atom stereocenters. The molecule has 0 aliphatic carbocycles. The first kappa shape index (κ1) is 15.8. The van der Waals surface area contributed by atoms with E-state index in [1.807, 2.05) is 0 Å². The van der Waals surface area contributed by atoms with Gasteiger partial charge >= 0.3 is 0 Å². The summed E-state index contributed by atoms with van der Waals surface area (Å²) >= 11 is 0. The minimum Gasteiger partial charge on any atom is -0.493 e. The molecule has 2 aromatic carbocycles. The van der Waals surface area contributed by atoms with Gasteiger partial charge in [-0.1, -0.05) is 0 Å². The molecule has 24 heavy (non-hydrogen) atoms. The zero-order chi connectivity index (χ0) is 16.9. The van der Waals surface area contributed by atoms with Crippen LogP contribution in [0.5, 0.6) is 17.2 Å². The maximum absolute atomic E-state index is 12.8. The third kappa shape index (κ3) is 3.45. The molecule has 124 valence electrons. The van der Waals surface area contributed by atoms with Crippen molar-refractivity contribution in [2.75, 3.05) is 20.3 Å². The molecule has 1 N–H and O–H groups in total. The van der Waals surface area contributed by atoms with Gasteiger partial charge in [0.1, 0.15) is 19.0 Å². The fourth-order valence-corrected chi connectivity index (χ4v) is 2.20. The fourth-order valence-electron chi connectivity index (χ4n) is 2.20. The fraction of sp³-hybridized carbons (Fsp3) is 0.176. The molecule has 0 saturated heterocycles. The molecule has 2 aromatic rings. The highest BCUT2D eigenvalue weighted by Crippen LogP contribution is 2.39. The maximum atomic E-state index is 12.8. The topological polar surface area (TPSA) is 69.2 Å². The summed E-state index contributed by atoms with van der Waals surface area (Å²) < 4.78 is 29.2. The highest BCUT2D eigenvalue weighted by Gasteiger charge is 2.17. The highest BCUT2D eigenvalue weighted by molar-refractivity contribution is 5.94. The van der Waals surface area contributed by atoms with Crippen molar-refractivity contribution in [1.29, 1.82) is 0 Å². The van der Waals surface area contributed by atoms with Crippen LogP contribution in [0.25, 0.3) is 0 Å². The van der Waals surface area contributed by atoms with Gasteiger partial charge in [0.2, 0.25) is 5.75 Å². The number of carbonyl (C=O) groups is 1. The lowest BCUT2D eigenvalue weighted by molar-refractivity contribution is 0.0955. The number of amides is 1. The Labute approximate surface area is 137 Å². The van der Waals surface area contributed by atoms with Crippen molar-refractivity contribution in [3.8, 4) is 17.2 Å². The molecular weight excluding hydrogens is 315 g/mol. The van der Waals surface area contributed by atoms with Gasteiger partial charge in [-0.15, -0.1) is 0 Å². The molecule has 1 heterocycles. The Kier molecular flexibility index (Phi) is 4.60.